The smallest absolute Gasteiger partial charge is 0.326 e. The standard InChI is InChI=1S/C13H16BrNO6/c1-20-7-5-8(11(21-2)9(14)6-7)12(17)15-10(3-4-16)13(18)19/h5-6,10,16H,3-4H2,1-2H3,(H,15,17)(H,18,19)/t10-/m1/s1. The third-order valence-corrected chi connectivity index (χ3v) is 3.31. The van der Waals surface area contributed by atoms with Crippen LogP contribution in [0.4, 0.5) is 0 Å². The van der Waals surface area contributed by atoms with Crippen LogP contribution in [0.2, 0.25) is 0 Å². The van der Waals surface area contributed by atoms with E-state index < -0.39 is 17.9 Å². The summed E-state index contributed by atoms with van der Waals surface area (Å²) in [6.45, 7) is -0.351. The molecule has 1 aromatic carbocycles. The maximum atomic E-state index is 12.2. The molecule has 1 atom stereocenters. The Morgan fingerprint density at radius 1 is 1.33 bits per heavy atom. The molecule has 0 radical (unpaired) electrons. The van der Waals surface area contributed by atoms with Gasteiger partial charge >= 0.3 is 5.97 Å². The molecule has 0 bridgehead atoms. The largest absolute Gasteiger partial charge is 0.497 e. The lowest BCUT2D eigenvalue weighted by atomic mass is 10.1. The third-order valence-electron chi connectivity index (χ3n) is 2.72. The van der Waals surface area contributed by atoms with Crippen LogP contribution in [0.3, 0.4) is 0 Å². The van der Waals surface area contributed by atoms with E-state index in [2.05, 4.69) is 21.2 Å². The van der Waals surface area contributed by atoms with Crippen LogP contribution in [-0.2, 0) is 4.79 Å². The molecule has 1 rings (SSSR count). The number of hydrogen-bond acceptors (Lipinski definition) is 5. The Morgan fingerprint density at radius 2 is 2.00 bits per heavy atom. The van der Waals surface area contributed by atoms with Crippen molar-refractivity contribution in [3.63, 3.8) is 0 Å². The first kappa shape index (κ1) is 17.3. The fourth-order valence-electron chi connectivity index (χ4n) is 1.69. The molecular weight excluding hydrogens is 346 g/mol. The highest BCUT2D eigenvalue weighted by atomic mass is 79.9. The van der Waals surface area contributed by atoms with Gasteiger partial charge in [0.05, 0.1) is 24.3 Å². The van der Waals surface area contributed by atoms with Crippen LogP contribution >= 0.6 is 15.9 Å². The number of aliphatic hydroxyl groups is 1. The molecule has 0 saturated heterocycles. The van der Waals surface area contributed by atoms with E-state index in [0.29, 0.717) is 10.2 Å². The molecule has 0 aliphatic heterocycles. The Bertz CT molecular complexity index is 534. The van der Waals surface area contributed by atoms with Gasteiger partial charge in [-0.1, -0.05) is 0 Å². The van der Waals surface area contributed by atoms with Crippen LogP contribution in [-0.4, -0.2) is 49.0 Å². The number of aliphatic carboxylic acids is 1. The van der Waals surface area contributed by atoms with Crippen molar-refractivity contribution in [3.8, 4) is 11.5 Å². The number of carboxylic acids is 1. The van der Waals surface area contributed by atoms with Crippen LogP contribution in [0, 0.1) is 0 Å². The minimum atomic E-state index is -1.22. The molecule has 7 nitrogen and oxygen atoms in total. The Balaban J connectivity index is 3.10. The first-order chi connectivity index (χ1) is 9.94. The average Bonchev–Trinajstić information content (AvgIpc) is 2.45. The van der Waals surface area contributed by atoms with Gasteiger partial charge in [-0.3, -0.25) is 4.79 Å². The van der Waals surface area contributed by atoms with Gasteiger partial charge in [0, 0.05) is 13.0 Å². The summed E-state index contributed by atoms with van der Waals surface area (Å²) in [4.78, 5) is 23.2. The van der Waals surface area contributed by atoms with E-state index >= 15 is 0 Å². The SMILES string of the molecule is COc1cc(Br)c(OC)c(C(=O)N[C@H](CCO)C(=O)O)c1. The highest BCUT2D eigenvalue weighted by Gasteiger charge is 2.23. The molecule has 0 fully saturated rings. The van der Waals surface area contributed by atoms with Crippen molar-refractivity contribution in [2.45, 2.75) is 12.5 Å². The third kappa shape index (κ3) is 4.33. The van der Waals surface area contributed by atoms with Crippen molar-refractivity contribution >= 4 is 27.8 Å². The zero-order valence-electron chi connectivity index (χ0n) is 11.6. The molecule has 8 heteroatoms. The fraction of sp³-hybridized carbons (Fsp3) is 0.385. The second-order valence-corrected chi connectivity index (χ2v) is 4.92. The van der Waals surface area contributed by atoms with Crippen molar-refractivity contribution in [2.75, 3.05) is 20.8 Å². The van der Waals surface area contributed by atoms with Crippen LogP contribution in [0.5, 0.6) is 11.5 Å². The van der Waals surface area contributed by atoms with Gasteiger partial charge in [0.25, 0.3) is 5.91 Å². The number of amides is 1. The predicted octanol–water partition coefficient (Wildman–Crippen LogP) is 1.03. The molecule has 0 spiro atoms. The maximum Gasteiger partial charge on any atom is 0.326 e. The van der Waals surface area contributed by atoms with Gasteiger partial charge in [0.2, 0.25) is 0 Å². The Hall–Kier alpha value is -1.80. The summed E-state index contributed by atoms with van der Waals surface area (Å²) in [5, 5.41) is 20.2. The van der Waals surface area contributed by atoms with E-state index in [1.165, 1.54) is 20.3 Å². The van der Waals surface area contributed by atoms with Crippen LogP contribution in [0.25, 0.3) is 0 Å². The summed E-state index contributed by atoms with van der Waals surface area (Å²) in [6, 6.07) is 1.88. The Morgan fingerprint density at radius 3 is 2.48 bits per heavy atom. The molecule has 116 valence electrons. The number of hydrogen-bond donors (Lipinski definition) is 3. The van der Waals surface area contributed by atoms with Crippen LogP contribution < -0.4 is 14.8 Å². The highest BCUT2D eigenvalue weighted by Crippen LogP contribution is 2.33. The quantitative estimate of drug-likeness (QED) is 0.669. The second kappa shape index (κ2) is 7.84. The number of carbonyl (C=O) groups is 2. The number of ether oxygens (including phenoxy) is 2. The molecule has 1 aromatic rings. The highest BCUT2D eigenvalue weighted by molar-refractivity contribution is 9.10. The van der Waals surface area contributed by atoms with Gasteiger partial charge in [-0.05, 0) is 28.1 Å². The fourth-order valence-corrected chi connectivity index (χ4v) is 2.29. The van der Waals surface area contributed by atoms with Gasteiger partial charge in [0.15, 0.2) is 0 Å². The van der Waals surface area contributed by atoms with E-state index in [9.17, 15) is 9.59 Å². The molecule has 3 N–H and O–H groups in total. The number of carbonyl (C=O) groups excluding carboxylic acids is 1. The van der Waals surface area contributed by atoms with Crippen molar-refractivity contribution in [1.29, 1.82) is 0 Å². The molecule has 0 saturated carbocycles. The molecule has 0 heterocycles. The summed E-state index contributed by atoms with van der Waals surface area (Å²) in [6.07, 6.45) is -0.0888. The lowest BCUT2D eigenvalue weighted by molar-refractivity contribution is -0.139. The monoisotopic (exact) mass is 361 g/mol. The van der Waals surface area contributed by atoms with E-state index in [1.807, 2.05) is 0 Å². The predicted molar refractivity (Wildman–Crippen MR) is 77.8 cm³/mol. The van der Waals surface area contributed by atoms with E-state index in [4.69, 9.17) is 19.7 Å². The summed E-state index contributed by atoms with van der Waals surface area (Å²) in [5.74, 6) is -1.17. The lowest BCUT2D eigenvalue weighted by Crippen LogP contribution is -2.41. The summed E-state index contributed by atoms with van der Waals surface area (Å²) >= 11 is 3.25. The Kier molecular flexibility index (Phi) is 6.44. The molecule has 21 heavy (non-hydrogen) atoms. The van der Waals surface area contributed by atoms with Crippen molar-refractivity contribution in [2.24, 2.45) is 0 Å². The van der Waals surface area contributed by atoms with Crippen molar-refractivity contribution in [3.05, 3.63) is 22.2 Å². The first-order valence-corrected chi connectivity index (χ1v) is 6.80. The van der Waals surface area contributed by atoms with Gasteiger partial charge in [-0.2, -0.15) is 0 Å². The molecule has 1 amide bonds. The van der Waals surface area contributed by atoms with Gasteiger partial charge < -0.3 is 25.0 Å². The molecule has 0 aliphatic rings. The number of nitrogens with one attached hydrogen (secondary N) is 1. The zero-order valence-corrected chi connectivity index (χ0v) is 13.1. The number of aliphatic hydroxyl groups excluding tert-OH is 1. The number of carboxylic acid groups (broad SMARTS) is 1. The average molecular weight is 362 g/mol. The summed E-state index contributed by atoms with van der Waals surface area (Å²) in [7, 11) is 2.84. The number of methoxy groups -OCH3 is 2. The Labute approximate surface area is 130 Å². The lowest BCUT2D eigenvalue weighted by Gasteiger charge is -2.16. The van der Waals surface area contributed by atoms with E-state index in [1.54, 1.807) is 6.07 Å². The van der Waals surface area contributed by atoms with Gasteiger partial charge in [0.1, 0.15) is 17.5 Å². The minimum Gasteiger partial charge on any atom is -0.497 e. The first-order valence-electron chi connectivity index (χ1n) is 6.00. The number of benzene rings is 1. The summed E-state index contributed by atoms with van der Waals surface area (Å²) in [5.41, 5.74) is 0.132. The normalized spacial score (nSPS) is 11.6. The van der Waals surface area contributed by atoms with E-state index in [-0.39, 0.29) is 24.3 Å². The molecular formula is C13H16BrNO6. The topological polar surface area (TPSA) is 105 Å². The van der Waals surface area contributed by atoms with Crippen molar-refractivity contribution in [1.82, 2.24) is 5.32 Å². The second-order valence-electron chi connectivity index (χ2n) is 4.07. The molecule has 0 aliphatic carbocycles. The summed E-state index contributed by atoms with van der Waals surface area (Å²) < 4.78 is 10.7. The maximum absolute atomic E-state index is 12.2. The molecule has 0 unspecified atom stereocenters. The zero-order chi connectivity index (χ0) is 16.0. The van der Waals surface area contributed by atoms with Gasteiger partial charge in [-0.15, -0.1) is 0 Å². The molecule has 0 aromatic heterocycles. The van der Waals surface area contributed by atoms with Gasteiger partial charge in [-0.25, -0.2) is 4.79 Å². The number of halogens is 1. The van der Waals surface area contributed by atoms with E-state index in [0.717, 1.165) is 0 Å². The minimum absolute atomic E-state index is 0.0888. The number of rotatable bonds is 7. The van der Waals surface area contributed by atoms with Crippen molar-refractivity contribution < 1.29 is 29.3 Å². The van der Waals surface area contributed by atoms with Crippen LogP contribution in [0.15, 0.2) is 16.6 Å². The van der Waals surface area contributed by atoms with Crippen LogP contribution in [0.1, 0.15) is 16.8 Å².